The van der Waals surface area contributed by atoms with Crippen molar-refractivity contribution in [2.45, 2.75) is 38.5 Å². The summed E-state index contributed by atoms with van der Waals surface area (Å²) < 4.78 is 4.69. The van der Waals surface area contributed by atoms with Crippen LogP contribution < -0.4 is 0 Å². The van der Waals surface area contributed by atoms with E-state index in [0.29, 0.717) is 11.8 Å². The third-order valence-electron chi connectivity index (χ3n) is 5.14. The predicted octanol–water partition coefficient (Wildman–Crippen LogP) is 2.21. The first-order valence-corrected chi connectivity index (χ1v) is 6.68. The molecule has 90 valence electrons. The molecule has 0 spiro atoms. The summed E-state index contributed by atoms with van der Waals surface area (Å²) in [4.78, 5) is 22.9. The molecule has 1 saturated heterocycles. The van der Waals surface area contributed by atoms with Gasteiger partial charge in [0, 0.05) is 5.57 Å². The highest BCUT2D eigenvalue weighted by atomic mass is 16.6. The molecule has 0 aromatic heterocycles. The lowest BCUT2D eigenvalue weighted by Crippen LogP contribution is -2.41. The van der Waals surface area contributed by atoms with Crippen LogP contribution in [-0.2, 0) is 14.3 Å². The summed E-state index contributed by atoms with van der Waals surface area (Å²) in [6, 6.07) is 0. The number of ether oxygens (including phenoxy) is 1. The van der Waals surface area contributed by atoms with Crippen molar-refractivity contribution in [3.8, 4) is 0 Å². The Morgan fingerprint density at radius 2 is 1.47 bits per heavy atom. The fourth-order valence-corrected chi connectivity index (χ4v) is 4.82. The zero-order valence-corrected chi connectivity index (χ0v) is 9.78. The molecule has 0 unspecified atom stereocenters. The summed E-state index contributed by atoms with van der Waals surface area (Å²) in [7, 11) is 0. The van der Waals surface area contributed by atoms with Gasteiger partial charge in [0.15, 0.2) is 0 Å². The highest BCUT2D eigenvalue weighted by Crippen LogP contribution is 2.57. The molecule has 4 saturated carbocycles. The second-order valence-electron chi connectivity index (χ2n) is 6.18. The second kappa shape index (κ2) is 3.21. The minimum atomic E-state index is -0.355. The summed E-state index contributed by atoms with van der Waals surface area (Å²) in [6.07, 6.45) is 6.61. The summed E-state index contributed by atoms with van der Waals surface area (Å²) >= 11 is 0. The van der Waals surface area contributed by atoms with Crippen LogP contribution in [0.1, 0.15) is 38.5 Å². The van der Waals surface area contributed by atoms with E-state index in [-0.39, 0.29) is 18.4 Å². The number of rotatable bonds is 0. The maximum Gasteiger partial charge on any atom is 0.342 e. The van der Waals surface area contributed by atoms with Crippen LogP contribution in [0.4, 0.5) is 0 Å². The highest BCUT2D eigenvalue weighted by Gasteiger charge is 2.48. The minimum absolute atomic E-state index is 0.233. The molecule has 1 aliphatic heterocycles. The number of carbonyl (C=O) groups excluding carboxylic acids is 2. The van der Waals surface area contributed by atoms with Crippen molar-refractivity contribution in [1.82, 2.24) is 0 Å². The van der Waals surface area contributed by atoms with Gasteiger partial charge in [0.25, 0.3) is 0 Å². The molecule has 0 radical (unpaired) electrons. The number of allylic oxidation sites excluding steroid dienone is 1. The molecule has 0 amide bonds. The van der Waals surface area contributed by atoms with Crippen LogP contribution in [0.5, 0.6) is 0 Å². The normalized spacial score (nSPS) is 43.5. The van der Waals surface area contributed by atoms with Gasteiger partial charge in [0.1, 0.15) is 0 Å². The topological polar surface area (TPSA) is 43.4 Å². The zero-order chi connectivity index (χ0) is 11.6. The van der Waals surface area contributed by atoms with Crippen LogP contribution in [0.2, 0.25) is 0 Å². The lowest BCUT2D eigenvalue weighted by molar-refractivity contribution is -0.151. The third kappa shape index (κ3) is 1.34. The van der Waals surface area contributed by atoms with Gasteiger partial charge in [-0.25, -0.2) is 4.79 Å². The maximum atomic E-state index is 11.7. The van der Waals surface area contributed by atoms with E-state index in [1.807, 2.05) is 0 Å². The van der Waals surface area contributed by atoms with E-state index in [1.54, 1.807) is 0 Å². The number of esters is 2. The molecule has 5 fully saturated rings. The molecule has 3 nitrogen and oxygen atoms in total. The zero-order valence-electron chi connectivity index (χ0n) is 9.78. The van der Waals surface area contributed by atoms with Gasteiger partial charge in [-0.1, -0.05) is 5.57 Å². The van der Waals surface area contributed by atoms with Crippen molar-refractivity contribution in [3.05, 3.63) is 11.1 Å². The van der Waals surface area contributed by atoms with Crippen LogP contribution in [-0.4, -0.2) is 11.9 Å². The van der Waals surface area contributed by atoms with Gasteiger partial charge in [-0.05, 0) is 55.8 Å². The second-order valence-corrected chi connectivity index (χ2v) is 6.18. The van der Waals surface area contributed by atoms with Crippen molar-refractivity contribution in [2.24, 2.45) is 23.7 Å². The highest BCUT2D eigenvalue weighted by molar-refractivity contribution is 6.06. The van der Waals surface area contributed by atoms with E-state index in [9.17, 15) is 9.59 Å². The number of cyclic esters (lactones) is 2. The first-order chi connectivity index (χ1) is 8.20. The molecular formula is C14H16O3. The number of hydrogen-bond acceptors (Lipinski definition) is 3. The smallest absolute Gasteiger partial charge is 0.342 e. The molecule has 5 aliphatic rings. The minimum Gasteiger partial charge on any atom is -0.389 e. The molecule has 5 rings (SSSR count). The van der Waals surface area contributed by atoms with Crippen LogP contribution in [0.15, 0.2) is 11.1 Å². The van der Waals surface area contributed by atoms with Crippen molar-refractivity contribution < 1.29 is 14.3 Å². The van der Waals surface area contributed by atoms with E-state index >= 15 is 0 Å². The molecule has 17 heavy (non-hydrogen) atoms. The molecule has 0 aromatic carbocycles. The van der Waals surface area contributed by atoms with Crippen molar-refractivity contribution in [1.29, 1.82) is 0 Å². The fraction of sp³-hybridized carbons (Fsp3) is 0.714. The molecule has 3 heteroatoms. The Balaban J connectivity index is 1.77. The van der Waals surface area contributed by atoms with Gasteiger partial charge < -0.3 is 4.74 Å². The van der Waals surface area contributed by atoms with Crippen molar-refractivity contribution in [2.75, 3.05) is 0 Å². The van der Waals surface area contributed by atoms with Gasteiger partial charge in [-0.2, -0.15) is 0 Å². The van der Waals surface area contributed by atoms with E-state index in [4.69, 9.17) is 4.74 Å². The van der Waals surface area contributed by atoms with E-state index < -0.39 is 0 Å². The van der Waals surface area contributed by atoms with Crippen LogP contribution in [0.25, 0.3) is 0 Å². The number of hydrogen-bond donors (Lipinski definition) is 0. The molecule has 4 bridgehead atoms. The first kappa shape index (κ1) is 9.86. The summed E-state index contributed by atoms with van der Waals surface area (Å²) in [5.41, 5.74) is 2.04. The van der Waals surface area contributed by atoms with E-state index in [2.05, 4.69) is 0 Å². The van der Waals surface area contributed by atoms with E-state index in [0.717, 1.165) is 17.4 Å². The third-order valence-corrected chi connectivity index (χ3v) is 5.14. The monoisotopic (exact) mass is 232 g/mol. The Kier molecular flexibility index (Phi) is 1.86. The molecule has 0 N–H and O–H groups in total. The van der Waals surface area contributed by atoms with Gasteiger partial charge in [-0.3, -0.25) is 4.79 Å². The Hall–Kier alpha value is -1.12. The predicted molar refractivity (Wildman–Crippen MR) is 59.8 cm³/mol. The van der Waals surface area contributed by atoms with E-state index in [1.165, 1.54) is 37.7 Å². The van der Waals surface area contributed by atoms with Crippen LogP contribution in [0, 0.1) is 23.7 Å². The Labute approximate surface area is 100 Å². The van der Waals surface area contributed by atoms with Crippen molar-refractivity contribution >= 4 is 11.9 Å². The molecule has 0 aromatic rings. The molecule has 4 aliphatic carbocycles. The molecule has 0 atom stereocenters. The average Bonchev–Trinajstić information content (AvgIpc) is 2.56. The summed E-state index contributed by atoms with van der Waals surface area (Å²) in [5, 5.41) is 0. The number of carbonyl (C=O) groups is 2. The van der Waals surface area contributed by atoms with Crippen LogP contribution >= 0.6 is 0 Å². The van der Waals surface area contributed by atoms with Gasteiger partial charge in [-0.15, -0.1) is 0 Å². The Bertz CT molecular complexity index is 416. The van der Waals surface area contributed by atoms with Crippen molar-refractivity contribution in [3.63, 3.8) is 0 Å². The molecular weight excluding hydrogens is 216 g/mol. The lowest BCUT2D eigenvalue weighted by Gasteiger charge is -2.51. The molecule has 1 heterocycles. The van der Waals surface area contributed by atoms with Gasteiger partial charge >= 0.3 is 11.9 Å². The lowest BCUT2D eigenvalue weighted by atomic mass is 9.53. The summed E-state index contributed by atoms with van der Waals surface area (Å²) in [6.45, 7) is 0. The largest absolute Gasteiger partial charge is 0.389 e. The Morgan fingerprint density at radius 3 is 1.94 bits per heavy atom. The fourth-order valence-electron chi connectivity index (χ4n) is 4.82. The quantitative estimate of drug-likeness (QED) is 0.365. The van der Waals surface area contributed by atoms with Gasteiger partial charge in [0.2, 0.25) is 0 Å². The Morgan fingerprint density at radius 1 is 0.882 bits per heavy atom. The maximum absolute atomic E-state index is 11.7. The van der Waals surface area contributed by atoms with Crippen LogP contribution in [0.3, 0.4) is 0 Å². The van der Waals surface area contributed by atoms with Gasteiger partial charge in [0.05, 0.1) is 6.42 Å². The first-order valence-electron chi connectivity index (χ1n) is 6.68. The average molecular weight is 232 g/mol. The SMILES string of the molecule is O=C1CC(=C2C3CC4CC(C3)CC2C4)C(=O)O1. The standard InChI is InChI=1S/C14H16O3/c15-12-6-11(14(16)17-12)13-9-2-7-1-8(4-9)5-10(13)3-7/h7-10H,1-6H2. The summed E-state index contributed by atoms with van der Waals surface area (Å²) in [5.74, 6) is 2.23.